The number of benzene rings is 2. The Balaban J connectivity index is 1.16. The summed E-state index contributed by atoms with van der Waals surface area (Å²) in [6, 6.07) is 15.6. The highest BCUT2D eigenvalue weighted by Crippen LogP contribution is 2.42. The van der Waals surface area contributed by atoms with Crippen LogP contribution >= 0.6 is 23.2 Å². The largest absolute Gasteiger partial charge is 0.368 e. The van der Waals surface area contributed by atoms with E-state index in [2.05, 4.69) is 9.80 Å². The molecular formula is C27H31Cl2FN4O. The zero-order chi connectivity index (χ0) is 24.6. The summed E-state index contributed by atoms with van der Waals surface area (Å²) < 4.78 is 17.8. The van der Waals surface area contributed by atoms with Crippen LogP contribution in [0.25, 0.3) is 10.9 Å². The standard InChI is InChI=1S/C27H31Cl2FN4O/c28-21-5-3-7-23(25(21)29)33-16-14-32(15-17-33)13-12-27(30)10-8-20(9-11-27)34-22-6-2-1-4-19(22)18-24(34)26(31)35/h1-7,18,20H,8-17H2,(H2,31,35). The summed E-state index contributed by atoms with van der Waals surface area (Å²) in [5, 5.41) is 2.16. The molecular weight excluding hydrogens is 486 g/mol. The minimum absolute atomic E-state index is 0.0901. The van der Waals surface area contributed by atoms with Gasteiger partial charge in [-0.3, -0.25) is 9.69 Å². The van der Waals surface area contributed by atoms with Gasteiger partial charge in [0, 0.05) is 49.7 Å². The number of anilines is 1. The van der Waals surface area contributed by atoms with Gasteiger partial charge < -0.3 is 15.2 Å². The molecule has 0 atom stereocenters. The van der Waals surface area contributed by atoms with Gasteiger partial charge in [0.05, 0.1) is 15.7 Å². The number of fused-ring (bicyclic) bond motifs is 1. The van der Waals surface area contributed by atoms with Gasteiger partial charge in [-0.25, -0.2) is 4.39 Å². The van der Waals surface area contributed by atoms with E-state index in [4.69, 9.17) is 28.9 Å². The van der Waals surface area contributed by atoms with Crippen molar-refractivity contribution in [1.29, 1.82) is 0 Å². The topological polar surface area (TPSA) is 54.5 Å². The second-order valence-electron chi connectivity index (χ2n) is 9.86. The highest BCUT2D eigenvalue weighted by atomic mass is 35.5. The molecule has 1 aliphatic heterocycles. The molecule has 0 spiro atoms. The highest BCUT2D eigenvalue weighted by molar-refractivity contribution is 6.43. The maximum atomic E-state index is 15.8. The summed E-state index contributed by atoms with van der Waals surface area (Å²) in [6.07, 6.45) is 2.95. The quantitative estimate of drug-likeness (QED) is 0.431. The molecule has 2 heterocycles. The number of halogens is 3. The van der Waals surface area contributed by atoms with E-state index >= 15 is 4.39 Å². The first-order valence-electron chi connectivity index (χ1n) is 12.3. The molecule has 8 heteroatoms. The van der Waals surface area contributed by atoms with Crippen LogP contribution in [0.15, 0.2) is 48.5 Å². The molecule has 0 unspecified atom stereocenters. The number of para-hydroxylation sites is 1. The summed E-state index contributed by atoms with van der Waals surface area (Å²) in [7, 11) is 0. The van der Waals surface area contributed by atoms with Gasteiger partial charge in [-0.2, -0.15) is 0 Å². The van der Waals surface area contributed by atoms with Gasteiger partial charge in [0.1, 0.15) is 11.4 Å². The van der Waals surface area contributed by atoms with Crippen LogP contribution < -0.4 is 10.6 Å². The third-order valence-corrected chi connectivity index (χ3v) is 8.55. The Hall–Kier alpha value is -2.28. The average Bonchev–Trinajstić information content (AvgIpc) is 3.26. The van der Waals surface area contributed by atoms with Crippen molar-refractivity contribution < 1.29 is 9.18 Å². The zero-order valence-electron chi connectivity index (χ0n) is 19.7. The summed E-state index contributed by atoms with van der Waals surface area (Å²) in [5.41, 5.74) is 6.98. The smallest absolute Gasteiger partial charge is 0.265 e. The van der Waals surface area contributed by atoms with Crippen molar-refractivity contribution in [3.63, 3.8) is 0 Å². The van der Waals surface area contributed by atoms with E-state index in [1.54, 1.807) is 6.07 Å². The minimum atomic E-state index is -1.17. The van der Waals surface area contributed by atoms with E-state index < -0.39 is 11.6 Å². The van der Waals surface area contributed by atoms with Gasteiger partial charge in [-0.1, -0.05) is 47.5 Å². The minimum Gasteiger partial charge on any atom is -0.368 e. The SMILES string of the molecule is NC(=O)c1cc2ccccc2n1C1CCC(F)(CCN2CCN(c3cccc(Cl)c3Cl)CC2)CC1. The number of hydrogen-bond acceptors (Lipinski definition) is 3. The zero-order valence-corrected chi connectivity index (χ0v) is 21.2. The Kier molecular flexibility index (Phi) is 6.97. The number of alkyl halides is 1. The molecule has 3 aromatic rings. The van der Waals surface area contributed by atoms with E-state index in [0.717, 1.165) is 49.3 Å². The number of aromatic nitrogens is 1. The Labute approximate surface area is 215 Å². The molecule has 0 radical (unpaired) electrons. The van der Waals surface area contributed by atoms with Crippen LogP contribution in [0.3, 0.4) is 0 Å². The van der Waals surface area contributed by atoms with E-state index in [-0.39, 0.29) is 6.04 Å². The second kappa shape index (κ2) is 10.00. The Morgan fingerprint density at radius 2 is 1.74 bits per heavy atom. The molecule has 2 fully saturated rings. The molecule has 2 N–H and O–H groups in total. The van der Waals surface area contributed by atoms with Crippen LogP contribution in [0.5, 0.6) is 0 Å². The van der Waals surface area contributed by atoms with Crippen molar-refractivity contribution in [2.24, 2.45) is 5.73 Å². The van der Waals surface area contributed by atoms with Crippen LogP contribution in [0, 0.1) is 0 Å². The average molecular weight is 517 g/mol. The maximum absolute atomic E-state index is 15.8. The van der Waals surface area contributed by atoms with Crippen molar-refractivity contribution in [2.75, 3.05) is 37.6 Å². The van der Waals surface area contributed by atoms with Gasteiger partial charge in [-0.05, 0) is 56.4 Å². The molecule has 2 aromatic carbocycles. The monoisotopic (exact) mass is 516 g/mol. The number of hydrogen-bond donors (Lipinski definition) is 1. The number of nitrogens with zero attached hydrogens (tertiary/aromatic N) is 3. The number of piperazine rings is 1. The number of carbonyl (C=O) groups is 1. The molecule has 1 aromatic heterocycles. The Morgan fingerprint density at radius 1 is 1.03 bits per heavy atom. The van der Waals surface area contributed by atoms with Gasteiger partial charge in [0.2, 0.25) is 0 Å². The van der Waals surface area contributed by atoms with E-state index in [9.17, 15) is 4.79 Å². The van der Waals surface area contributed by atoms with Crippen molar-refractivity contribution in [3.8, 4) is 0 Å². The molecule has 5 nitrogen and oxygen atoms in total. The molecule has 2 aliphatic rings. The van der Waals surface area contributed by atoms with E-state index in [1.165, 1.54) is 0 Å². The summed E-state index contributed by atoms with van der Waals surface area (Å²) >= 11 is 12.6. The van der Waals surface area contributed by atoms with E-state index in [1.807, 2.05) is 47.0 Å². The second-order valence-corrected chi connectivity index (χ2v) is 10.6. The fraction of sp³-hybridized carbons (Fsp3) is 0.444. The van der Waals surface area contributed by atoms with Crippen LogP contribution in [0.1, 0.15) is 48.6 Å². The van der Waals surface area contributed by atoms with Gasteiger partial charge in [0.25, 0.3) is 5.91 Å². The first-order chi connectivity index (χ1) is 16.8. The number of carbonyl (C=O) groups excluding carboxylic acids is 1. The van der Waals surface area contributed by atoms with Gasteiger partial charge in [-0.15, -0.1) is 0 Å². The third-order valence-electron chi connectivity index (χ3n) is 7.74. The first kappa shape index (κ1) is 24.4. The summed E-state index contributed by atoms with van der Waals surface area (Å²) in [5.74, 6) is -0.434. The van der Waals surface area contributed by atoms with Crippen LogP contribution in [0.4, 0.5) is 10.1 Å². The Bertz CT molecular complexity index is 1210. The molecule has 0 bridgehead atoms. The highest BCUT2D eigenvalue weighted by Gasteiger charge is 2.37. The first-order valence-corrected chi connectivity index (χ1v) is 13.1. The lowest BCUT2D eigenvalue weighted by Crippen LogP contribution is -2.48. The summed E-state index contributed by atoms with van der Waals surface area (Å²) in [4.78, 5) is 16.7. The van der Waals surface area contributed by atoms with Crippen molar-refractivity contribution in [1.82, 2.24) is 9.47 Å². The van der Waals surface area contributed by atoms with E-state index in [0.29, 0.717) is 47.8 Å². The fourth-order valence-corrected chi connectivity index (χ4v) is 6.11. The lowest BCUT2D eigenvalue weighted by atomic mass is 9.81. The van der Waals surface area contributed by atoms with Gasteiger partial charge in [0.15, 0.2) is 0 Å². The molecule has 1 saturated heterocycles. The van der Waals surface area contributed by atoms with Gasteiger partial charge >= 0.3 is 0 Å². The predicted molar refractivity (Wildman–Crippen MR) is 142 cm³/mol. The van der Waals surface area contributed by atoms with Crippen LogP contribution in [-0.2, 0) is 0 Å². The summed E-state index contributed by atoms with van der Waals surface area (Å²) in [6.45, 7) is 4.19. The molecule has 1 amide bonds. The number of nitrogens with two attached hydrogens (primary N) is 1. The number of primary amides is 1. The van der Waals surface area contributed by atoms with Crippen LogP contribution in [0.2, 0.25) is 10.0 Å². The molecule has 35 heavy (non-hydrogen) atoms. The Morgan fingerprint density at radius 3 is 2.46 bits per heavy atom. The predicted octanol–water partition coefficient (Wildman–Crippen LogP) is 6.08. The lowest BCUT2D eigenvalue weighted by Gasteiger charge is -2.39. The number of amides is 1. The van der Waals surface area contributed by atoms with Crippen LogP contribution in [-0.4, -0.2) is 53.8 Å². The molecule has 5 rings (SSSR count). The third kappa shape index (κ3) is 5.02. The molecule has 1 saturated carbocycles. The van der Waals surface area contributed by atoms with Crippen molar-refractivity contribution in [3.05, 3.63) is 64.3 Å². The molecule has 1 aliphatic carbocycles. The van der Waals surface area contributed by atoms with Crippen molar-refractivity contribution >= 4 is 45.7 Å². The maximum Gasteiger partial charge on any atom is 0.265 e. The normalized spacial score (nSPS) is 23.6. The molecule has 186 valence electrons. The fourth-order valence-electron chi connectivity index (χ4n) is 5.69. The number of rotatable bonds is 6. The van der Waals surface area contributed by atoms with Crippen molar-refractivity contribution in [2.45, 2.75) is 43.8 Å². The lowest BCUT2D eigenvalue weighted by molar-refractivity contribution is 0.0624.